The Kier molecular flexibility index (Phi) is 5.28. The lowest BCUT2D eigenvalue weighted by Crippen LogP contribution is -2.42. The molecule has 0 saturated carbocycles. The summed E-state index contributed by atoms with van der Waals surface area (Å²) in [5.41, 5.74) is -0.279. The molecule has 0 amide bonds. The number of nitro groups is 1. The molecule has 7 nitrogen and oxygen atoms in total. The summed E-state index contributed by atoms with van der Waals surface area (Å²) >= 11 is 0. The minimum Gasteiger partial charge on any atom is -0.259 e. The third-order valence-corrected chi connectivity index (χ3v) is 4.67. The topological polar surface area (TPSA) is 97.6 Å². The summed E-state index contributed by atoms with van der Waals surface area (Å²) in [6, 6.07) is 0.769. The number of hydrogen-bond acceptors (Lipinski definition) is 5. The number of hydrogen-bond donors (Lipinski definition) is 0. The summed E-state index contributed by atoms with van der Waals surface area (Å²) in [6.45, 7) is 4.20. The highest BCUT2D eigenvalue weighted by molar-refractivity contribution is 7.89. The summed E-state index contributed by atoms with van der Waals surface area (Å²) < 4.78 is 38.1. The lowest BCUT2D eigenvalue weighted by molar-refractivity contribution is -0.384. The summed E-state index contributed by atoms with van der Waals surface area (Å²) in [5.74, 6) is 0. The van der Waals surface area contributed by atoms with E-state index in [-0.39, 0.29) is 17.1 Å². The number of benzene rings is 1. The Labute approximate surface area is 120 Å². The molecular formula is C12H13FN2O5S. The molecule has 0 saturated heterocycles. The molecule has 1 aromatic carbocycles. The number of carbonyl (C=O) groups is 1. The molecular weight excluding hydrogens is 303 g/mol. The van der Waals surface area contributed by atoms with E-state index in [1.807, 2.05) is 0 Å². The Morgan fingerprint density at radius 2 is 2.00 bits per heavy atom. The van der Waals surface area contributed by atoms with E-state index in [9.17, 15) is 27.7 Å². The van der Waals surface area contributed by atoms with E-state index in [4.69, 9.17) is 0 Å². The molecule has 0 unspecified atom stereocenters. The van der Waals surface area contributed by atoms with Crippen LogP contribution in [-0.4, -0.2) is 36.3 Å². The van der Waals surface area contributed by atoms with Gasteiger partial charge < -0.3 is 0 Å². The molecule has 114 valence electrons. The second-order valence-corrected chi connectivity index (χ2v) is 5.99. The van der Waals surface area contributed by atoms with Crippen molar-refractivity contribution in [1.82, 2.24) is 4.31 Å². The molecule has 0 spiro atoms. The quantitative estimate of drug-likeness (QED) is 0.330. The molecule has 0 aromatic heterocycles. The van der Waals surface area contributed by atoms with Crippen LogP contribution in [0.5, 0.6) is 0 Å². The summed E-state index contributed by atoms with van der Waals surface area (Å²) in [6.07, 6.45) is 1.21. The minimum absolute atomic E-state index is 0.268. The lowest BCUT2D eigenvalue weighted by Gasteiger charge is -2.24. The Morgan fingerprint density at radius 3 is 2.38 bits per heavy atom. The van der Waals surface area contributed by atoms with Crippen molar-refractivity contribution in [2.45, 2.75) is 17.9 Å². The Balaban J connectivity index is 3.25. The molecule has 9 heteroatoms. The average Bonchev–Trinajstić information content (AvgIpc) is 2.43. The van der Waals surface area contributed by atoms with Crippen molar-refractivity contribution in [3.05, 3.63) is 47.0 Å². The van der Waals surface area contributed by atoms with Crippen molar-refractivity contribution in [2.24, 2.45) is 0 Å². The summed E-state index contributed by atoms with van der Waals surface area (Å²) in [7, 11) is -4.17. The van der Waals surface area contributed by atoms with E-state index < -0.39 is 27.0 Å². The van der Waals surface area contributed by atoms with Crippen molar-refractivity contribution in [3.8, 4) is 0 Å². The van der Waals surface area contributed by atoms with Crippen molar-refractivity contribution < 1.29 is 22.5 Å². The smallest absolute Gasteiger partial charge is 0.259 e. The van der Waals surface area contributed by atoms with Gasteiger partial charge in [-0.05, 0) is 19.1 Å². The van der Waals surface area contributed by atoms with Crippen molar-refractivity contribution in [2.75, 3.05) is 6.54 Å². The van der Waals surface area contributed by atoms with Crippen LogP contribution < -0.4 is 0 Å². The first kappa shape index (κ1) is 16.9. The minimum atomic E-state index is -4.17. The van der Waals surface area contributed by atoms with Crippen molar-refractivity contribution in [3.63, 3.8) is 0 Å². The van der Waals surface area contributed by atoms with Gasteiger partial charge in [0.15, 0.2) is 0 Å². The van der Waals surface area contributed by atoms with Gasteiger partial charge in [0.1, 0.15) is 6.04 Å². The number of non-ortho nitro benzene ring substituents is 1. The Bertz CT molecular complexity index is 657. The van der Waals surface area contributed by atoms with Crippen molar-refractivity contribution in [1.29, 1.82) is 0 Å². The van der Waals surface area contributed by atoms with E-state index in [2.05, 4.69) is 6.58 Å². The molecule has 0 fully saturated rings. The molecule has 0 N–H and O–H groups in total. The van der Waals surface area contributed by atoms with Gasteiger partial charge in [0.2, 0.25) is 10.0 Å². The molecule has 0 aliphatic carbocycles. The summed E-state index contributed by atoms with van der Waals surface area (Å²) in [4.78, 5) is 20.4. The van der Waals surface area contributed by atoms with E-state index in [0.29, 0.717) is 4.31 Å². The van der Waals surface area contributed by atoms with Crippen LogP contribution >= 0.6 is 0 Å². The van der Waals surface area contributed by atoms with Crippen molar-refractivity contribution >= 4 is 21.7 Å². The predicted molar refractivity (Wildman–Crippen MR) is 72.8 cm³/mol. The SMILES string of the molecule is C=CCN([C@@H](C)C(=O)F)S(=O)(=O)c1ccc([N+](=O)[O-])cc1. The molecule has 0 aliphatic rings. The standard InChI is InChI=1S/C12H13FN2O5S/c1-3-8-14(9(2)12(13)16)21(19,20)11-6-4-10(5-7-11)15(17)18/h3-7,9H,1,8H2,2H3/t9-/m0/s1. The maximum absolute atomic E-state index is 12.8. The molecule has 0 bridgehead atoms. The third-order valence-electron chi connectivity index (χ3n) is 2.72. The number of sulfonamides is 1. The van der Waals surface area contributed by atoms with Crippen LogP contribution in [0.3, 0.4) is 0 Å². The van der Waals surface area contributed by atoms with E-state index in [0.717, 1.165) is 31.2 Å². The van der Waals surface area contributed by atoms with Crippen LogP contribution in [0.15, 0.2) is 41.8 Å². The van der Waals surface area contributed by atoms with Gasteiger partial charge in [-0.2, -0.15) is 8.70 Å². The van der Waals surface area contributed by atoms with Gasteiger partial charge in [0, 0.05) is 18.7 Å². The van der Waals surface area contributed by atoms with Crippen LogP contribution in [0.4, 0.5) is 10.1 Å². The number of halogens is 1. The fraction of sp³-hybridized carbons (Fsp3) is 0.250. The number of carbonyl (C=O) groups excluding carboxylic acids is 1. The maximum atomic E-state index is 12.8. The molecule has 1 rings (SSSR count). The second kappa shape index (κ2) is 6.55. The molecule has 0 aliphatic heterocycles. The van der Waals surface area contributed by atoms with Gasteiger partial charge in [0.25, 0.3) is 5.69 Å². The van der Waals surface area contributed by atoms with Crippen LogP contribution in [0.2, 0.25) is 0 Å². The summed E-state index contributed by atoms with van der Waals surface area (Å²) in [5, 5.41) is 10.5. The molecule has 0 radical (unpaired) electrons. The monoisotopic (exact) mass is 316 g/mol. The fourth-order valence-electron chi connectivity index (χ4n) is 1.58. The maximum Gasteiger partial charge on any atom is 0.319 e. The van der Waals surface area contributed by atoms with E-state index in [1.165, 1.54) is 6.08 Å². The molecule has 1 aromatic rings. The fourth-order valence-corrected chi connectivity index (χ4v) is 3.13. The molecule has 21 heavy (non-hydrogen) atoms. The van der Waals surface area contributed by atoms with E-state index in [1.54, 1.807) is 0 Å². The first-order chi connectivity index (χ1) is 9.71. The normalized spacial score (nSPS) is 12.9. The lowest BCUT2D eigenvalue weighted by atomic mass is 10.3. The zero-order valence-corrected chi connectivity index (χ0v) is 11.9. The third kappa shape index (κ3) is 3.70. The van der Waals surface area contributed by atoms with Crippen LogP contribution in [0.25, 0.3) is 0 Å². The highest BCUT2D eigenvalue weighted by Crippen LogP contribution is 2.21. The first-order valence-corrected chi connectivity index (χ1v) is 7.22. The zero-order valence-electron chi connectivity index (χ0n) is 11.1. The van der Waals surface area contributed by atoms with Crippen LogP contribution in [0.1, 0.15) is 6.92 Å². The van der Waals surface area contributed by atoms with Gasteiger partial charge in [0.05, 0.1) is 9.82 Å². The van der Waals surface area contributed by atoms with Gasteiger partial charge in [-0.1, -0.05) is 6.08 Å². The first-order valence-electron chi connectivity index (χ1n) is 5.78. The largest absolute Gasteiger partial charge is 0.319 e. The van der Waals surface area contributed by atoms with Gasteiger partial charge in [-0.25, -0.2) is 8.42 Å². The Hall–Kier alpha value is -2.13. The van der Waals surface area contributed by atoms with E-state index >= 15 is 0 Å². The number of nitrogens with zero attached hydrogens (tertiary/aromatic N) is 2. The average molecular weight is 316 g/mol. The highest BCUT2D eigenvalue weighted by Gasteiger charge is 2.32. The van der Waals surface area contributed by atoms with Gasteiger partial charge in [-0.3, -0.25) is 14.9 Å². The predicted octanol–water partition coefficient (Wildman–Crippen LogP) is 1.66. The van der Waals surface area contributed by atoms with Gasteiger partial charge in [-0.15, -0.1) is 6.58 Å². The molecule has 1 atom stereocenters. The Morgan fingerprint density at radius 1 is 1.48 bits per heavy atom. The molecule has 0 heterocycles. The zero-order chi connectivity index (χ0) is 16.2. The van der Waals surface area contributed by atoms with Gasteiger partial charge >= 0.3 is 6.04 Å². The number of nitro benzene ring substituents is 1. The van der Waals surface area contributed by atoms with Crippen LogP contribution in [-0.2, 0) is 14.8 Å². The second-order valence-electron chi connectivity index (χ2n) is 4.09. The van der Waals surface area contributed by atoms with Crippen LogP contribution in [0, 0.1) is 10.1 Å². The highest BCUT2D eigenvalue weighted by atomic mass is 32.2. The number of rotatable bonds is 7.